The molecular weight excluding hydrogens is 408 g/mol. The summed E-state index contributed by atoms with van der Waals surface area (Å²) >= 11 is 0. The summed E-state index contributed by atoms with van der Waals surface area (Å²) in [7, 11) is 0. The van der Waals surface area contributed by atoms with Crippen LogP contribution in [0.2, 0.25) is 0 Å². The van der Waals surface area contributed by atoms with Crippen LogP contribution in [0.5, 0.6) is 0 Å². The van der Waals surface area contributed by atoms with E-state index >= 15 is 0 Å². The van der Waals surface area contributed by atoms with Crippen LogP contribution >= 0.6 is 0 Å². The third-order valence-corrected chi connectivity index (χ3v) is 5.45. The van der Waals surface area contributed by atoms with Crippen LogP contribution in [0.3, 0.4) is 0 Å². The summed E-state index contributed by atoms with van der Waals surface area (Å²) in [6.07, 6.45) is 3.55. The molecule has 0 spiro atoms. The van der Waals surface area contributed by atoms with Crippen molar-refractivity contribution < 1.29 is 4.79 Å². The van der Waals surface area contributed by atoms with E-state index in [-0.39, 0.29) is 11.9 Å². The standard InChI is InChI=1S/C28H28N4O/c1-20-11-15-23(16-12-20)27-29-18-17-26(32-27)31-25-10-6-9-24(19-25)28(33)30-21(2)13-14-22-7-4-3-5-8-22/h3-12,15-19,21H,13-14H2,1-2H3,(H,30,33)(H,29,31,32)/t21-/m1/s1. The number of carbonyl (C=O) groups is 1. The lowest BCUT2D eigenvalue weighted by atomic mass is 10.1. The van der Waals surface area contributed by atoms with Gasteiger partial charge in [-0.05, 0) is 56.5 Å². The number of hydrogen-bond acceptors (Lipinski definition) is 4. The zero-order valence-electron chi connectivity index (χ0n) is 19.0. The summed E-state index contributed by atoms with van der Waals surface area (Å²) in [5.41, 5.74) is 4.84. The minimum absolute atomic E-state index is 0.0771. The van der Waals surface area contributed by atoms with Crippen molar-refractivity contribution >= 4 is 17.4 Å². The van der Waals surface area contributed by atoms with Crippen LogP contribution in [0.25, 0.3) is 11.4 Å². The molecule has 0 unspecified atom stereocenters. The number of rotatable bonds is 8. The van der Waals surface area contributed by atoms with Crippen molar-refractivity contribution in [2.75, 3.05) is 5.32 Å². The van der Waals surface area contributed by atoms with E-state index in [1.807, 2.05) is 79.7 Å². The van der Waals surface area contributed by atoms with E-state index in [1.165, 1.54) is 11.1 Å². The third-order valence-electron chi connectivity index (χ3n) is 5.45. The van der Waals surface area contributed by atoms with Crippen molar-refractivity contribution in [2.24, 2.45) is 0 Å². The van der Waals surface area contributed by atoms with Gasteiger partial charge < -0.3 is 10.6 Å². The first-order chi connectivity index (χ1) is 16.1. The zero-order chi connectivity index (χ0) is 23.0. The van der Waals surface area contributed by atoms with Crippen molar-refractivity contribution in [1.29, 1.82) is 0 Å². The average molecular weight is 437 g/mol. The third kappa shape index (κ3) is 6.26. The SMILES string of the molecule is Cc1ccc(-c2nccc(Nc3cccc(C(=O)N[C@H](C)CCc4ccccc4)c3)n2)cc1. The number of benzene rings is 3. The second kappa shape index (κ2) is 10.6. The van der Waals surface area contributed by atoms with E-state index in [0.717, 1.165) is 24.1 Å². The first-order valence-corrected chi connectivity index (χ1v) is 11.2. The summed E-state index contributed by atoms with van der Waals surface area (Å²) in [6.45, 7) is 4.09. The van der Waals surface area contributed by atoms with Gasteiger partial charge >= 0.3 is 0 Å². The topological polar surface area (TPSA) is 66.9 Å². The number of amides is 1. The van der Waals surface area contributed by atoms with Gasteiger partial charge in [0.15, 0.2) is 5.82 Å². The highest BCUT2D eigenvalue weighted by Gasteiger charge is 2.11. The molecule has 0 saturated heterocycles. The van der Waals surface area contributed by atoms with E-state index in [0.29, 0.717) is 17.2 Å². The molecule has 4 rings (SSSR count). The summed E-state index contributed by atoms with van der Waals surface area (Å²) in [6, 6.07) is 27.8. The van der Waals surface area contributed by atoms with Crippen molar-refractivity contribution in [3.63, 3.8) is 0 Å². The Bertz CT molecular complexity index is 1210. The van der Waals surface area contributed by atoms with E-state index in [1.54, 1.807) is 6.20 Å². The molecule has 5 nitrogen and oxygen atoms in total. The average Bonchev–Trinajstić information content (AvgIpc) is 2.84. The molecule has 3 aromatic carbocycles. The molecule has 0 aliphatic heterocycles. The second-order valence-electron chi connectivity index (χ2n) is 8.24. The predicted molar refractivity (Wildman–Crippen MR) is 134 cm³/mol. The van der Waals surface area contributed by atoms with Gasteiger partial charge in [-0.25, -0.2) is 9.97 Å². The number of hydrogen-bond donors (Lipinski definition) is 2. The number of carbonyl (C=O) groups excluding carboxylic acids is 1. The Morgan fingerprint density at radius 3 is 2.52 bits per heavy atom. The number of aryl methyl sites for hydroxylation is 2. The molecular formula is C28H28N4O. The van der Waals surface area contributed by atoms with E-state index in [9.17, 15) is 4.79 Å². The summed E-state index contributed by atoms with van der Waals surface area (Å²) in [5, 5.41) is 6.39. The lowest BCUT2D eigenvalue weighted by Crippen LogP contribution is -2.32. The molecule has 1 aromatic heterocycles. The molecule has 1 amide bonds. The van der Waals surface area contributed by atoms with Crippen LogP contribution < -0.4 is 10.6 Å². The fraction of sp³-hybridized carbons (Fsp3) is 0.179. The molecule has 0 radical (unpaired) electrons. The Morgan fingerprint density at radius 2 is 1.73 bits per heavy atom. The van der Waals surface area contributed by atoms with E-state index in [2.05, 4.69) is 39.7 Å². The van der Waals surface area contributed by atoms with Gasteiger partial charge in [0, 0.05) is 29.1 Å². The quantitative estimate of drug-likeness (QED) is 0.358. The van der Waals surface area contributed by atoms with Crippen LogP contribution in [0.15, 0.2) is 91.1 Å². The van der Waals surface area contributed by atoms with E-state index < -0.39 is 0 Å². The molecule has 2 N–H and O–H groups in total. The van der Waals surface area contributed by atoms with Crippen molar-refractivity contribution in [3.05, 3.63) is 108 Å². The van der Waals surface area contributed by atoms with Gasteiger partial charge in [-0.3, -0.25) is 4.79 Å². The molecule has 0 bridgehead atoms. The first kappa shape index (κ1) is 22.2. The number of anilines is 2. The molecule has 0 fully saturated rings. The number of nitrogens with zero attached hydrogens (tertiary/aromatic N) is 2. The second-order valence-corrected chi connectivity index (χ2v) is 8.24. The van der Waals surface area contributed by atoms with Gasteiger partial charge in [-0.1, -0.05) is 66.2 Å². The monoisotopic (exact) mass is 436 g/mol. The van der Waals surface area contributed by atoms with Gasteiger partial charge in [0.25, 0.3) is 5.91 Å². The van der Waals surface area contributed by atoms with Crippen molar-refractivity contribution in [3.8, 4) is 11.4 Å². The van der Waals surface area contributed by atoms with Gasteiger partial charge in [0.2, 0.25) is 0 Å². The Kier molecular flexibility index (Phi) is 7.10. The Hall–Kier alpha value is -3.99. The zero-order valence-corrected chi connectivity index (χ0v) is 19.0. The van der Waals surface area contributed by atoms with Crippen LogP contribution in [-0.4, -0.2) is 21.9 Å². The van der Waals surface area contributed by atoms with Crippen molar-refractivity contribution in [1.82, 2.24) is 15.3 Å². The maximum absolute atomic E-state index is 12.8. The predicted octanol–water partition coefficient (Wildman–Crippen LogP) is 5.95. The molecule has 1 heterocycles. The lowest BCUT2D eigenvalue weighted by Gasteiger charge is -2.15. The normalized spacial score (nSPS) is 11.6. The number of nitrogens with one attached hydrogen (secondary N) is 2. The minimum Gasteiger partial charge on any atom is -0.350 e. The first-order valence-electron chi connectivity index (χ1n) is 11.2. The minimum atomic E-state index is -0.0813. The van der Waals surface area contributed by atoms with Gasteiger partial charge in [0.05, 0.1) is 0 Å². The highest BCUT2D eigenvalue weighted by Crippen LogP contribution is 2.20. The van der Waals surface area contributed by atoms with Crippen LogP contribution in [0.4, 0.5) is 11.5 Å². The maximum Gasteiger partial charge on any atom is 0.251 e. The van der Waals surface area contributed by atoms with Crippen LogP contribution in [0.1, 0.15) is 34.8 Å². The smallest absolute Gasteiger partial charge is 0.251 e. The Balaban J connectivity index is 1.39. The molecule has 4 aromatic rings. The van der Waals surface area contributed by atoms with Crippen LogP contribution in [0, 0.1) is 6.92 Å². The van der Waals surface area contributed by atoms with Crippen molar-refractivity contribution in [2.45, 2.75) is 32.7 Å². The highest BCUT2D eigenvalue weighted by molar-refractivity contribution is 5.95. The molecule has 33 heavy (non-hydrogen) atoms. The molecule has 0 aliphatic rings. The Labute approximate surface area is 194 Å². The maximum atomic E-state index is 12.8. The summed E-state index contributed by atoms with van der Waals surface area (Å²) in [5.74, 6) is 1.25. The summed E-state index contributed by atoms with van der Waals surface area (Å²) < 4.78 is 0. The fourth-order valence-electron chi connectivity index (χ4n) is 3.56. The molecule has 1 atom stereocenters. The van der Waals surface area contributed by atoms with Gasteiger partial charge in [-0.2, -0.15) is 0 Å². The Morgan fingerprint density at radius 1 is 0.939 bits per heavy atom. The largest absolute Gasteiger partial charge is 0.350 e. The molecule has 0 aliphatic carbocycles. The highest BCUT2D eigenvalue weighted by atomic mass is 16.1. The van der Waals surface area contributed by atoms with Gasteiger partial charge in [-0.15, -0.1) is 0 Å². The molecule has 166 valence electrons. The van der Waals surface area contributed by atoms with E-state index in [4.69, 9.17) is 0 Å². The van der Waals surface area contributed by atoms with Crippen LogP contribution in [-0.2, 0) is 6.42 Å². The fourth-order valence-corrected chi connectivity index (χ4v) is 3.56. The molecule has 5 heteroatoms. The number of aromatic nitrogens is 2. The van der Waals surface area contributed by atoms with Gasteiger partial charge in [0.1, 0.15) is 5.82 Å². The summed E-state index contributed by atoms with van der Waals surface area (Å²) in [4.78, 5) is 21.8. The molecule has 0 saturated carbocycles. The lowest BCUT2D eigenvalue weighted by molar-refractivity contribution is 0.0938.